The zero-order valence-electron chi connectivity index (χ0n) is 8.86. The number of halogens is 2. The topological polar surface area (TPSA) is 29.1 Å². The Hall–Kier alpha value is 0.0500. The van der Waals surface area contributed by atoms with Crippen molar-refractivity contribution < 1.29 is 4.79 Å². The Labute approximate surface area is 95.3 Å². The molecule has 0 aliphatic heterocycles. The average molecular weight is 238 g/mol. The van der Waals surface area contributed by atoms with Gasteiger partial charge in [-0.1, -0.05) is 13.8 Å². The van der Waals surface area contributed by atoms with Gasteiger partial charge in [-0.05, 0) is 25.7 Å². The molecular formula is C10H17Cl2NO. The Morgan fingerprint density at radius 2 is 2.00 bits per heavy atom. The maximum atomic E-state index is 11.6. The summed E-state index contributed by atoms with van der Waals surface area (Å²) in [5, 5.41) is 2.86. The summed E-state index contributed by atoms with van der Waals surface area (Å²) >= 11 is 11.8. The molecule has 1 unspecified atom stereocenters. The van der Waals surface area contributed by atoms with Crippen LogP contribution in [0.15, 0.2) is 0 Å². The highest BCUT2D eigenvalue weighted by molar-refractivity contribution is 6.53. The lowest BCUT2D eigenvalue weighted by atomic mass is 10.1. The van der Waals surface area contributed by atoms with Crippen LogP contribution in [0.4, 0.5) is 0 Å². The highest BCUT2D eigenvalue weighted by atomic mass is 35.5. The summed E-state index contributed by atoms with van der Waals surface area (Å²) in [4.78, 5) is 11.6. The zero-order valence-corrected chi connectivity index (χ0v) is 10.4. The second-order valence-electron chi connectivity index (χ2n) is 4.65. The van der Waals surface area contributed by atoms with E-state index in [1.165, 1.54) is 0 Å². The van der Waals surface area contributed by atoms with Crippen molar-refractivity contribution in [1.82, 2.24) is 5.32 Å². The standard InChI is InChI=1S/C10H17Cl2NO/c1-7(2)4-5-13-8(14)9(3)6-10(9,11)12/h7H,4-6H2,1-3H3,(H,13,14). The van der Waals surface area contributed by atoms with Crippen LogP contribution in [0.1, 0.15) is 33.6 Å². The van der Waals surface area contributed by atoms with Gasteiger partial charge in [0, 0.05) is 6.54 Å². The SMILES string of the molecule is CC(C)CCNC(=O)C1(C)CC1(Cl)Cl. The van der Waals surface area contributed by atoms with Gasteiger partial charge in [0.25, 0.3) is 0 Å². The third kappa shape index (κ3) is 2.34. The van der Waals surface area contributed by atoms with Gasteiger partial charge >= 0.3 is 0 Å². The Morgan fingerprint density at radius 1 is 1.50 bits per heavy atom. The molecule has 1 aliphatic rings. The molecule has 1 aliphatic carbocycles. The fourth-order valence-electron chi connectivity index (χ4n) is 1.32. The fourth-order valence-corrected chi connectivity index (χ4v) is 2.02. The lowest BCUT2D eigenvalue weighted by Crippen LogP contribution is -2.34. The van der Waals surface area contributed by atoms with E-state index in [4.69, 9.17) is 23.2 Å². The molecule has 0 heterocycles. The van der Waals surface area contributed by atoms with Crippen molar-refractivity contribution in [3.05, 3.63) is 0 Å². The molecular weight excluding hydrogens is 221 g/mol. The van der Waals surface area contributed by atoms with Gasteiger partial charge in [0.2, 0.25) is 5.91 Å². The summed E-state index contributed by atoms with van der Waals surface area (Å²) in [6, 6.07) is 0. The van der Waals surface area contributed by atoms with E-state index in [2.05, 4.69) is 19.2 Å². The van der Waals surface area contributed by atoms with Gasteiger partial charge in [-0.3, -0.25) is 4.79 Å². The Kier molecular flexibility index (Phi) is 3.37. The number of amides is 1. The minimum atomic E-state index is -0.852. The van der Waals surface area contributed by atoms with Crippen LogP contribution in [0.25, 0.3) is 0 Å². The van der Waals surface area contributed by atoms with E-state index in [0.717, 1.165) is 6.42 Å². The molecule has 0 saturated heterocycles. The van der Waals surface area contributed by atoms with E-state index in [0.29, 0.717) is 18.9 Å². The van der Waals surface area contributed by atoms with Crippen LogP contribution in [-0.2, 0) is 4.79 Å². The molecule has 1 N–H and O–H groups in total. The summed E-state index contributed by atoms with van der Waals surface area (Å²) in [5.41, 5.74) is -0.576. The molecule has 0 aromatic rings. The van der Waals surface area contributed by atoms with Crippen LogP contribution < -0.4 is 5.32 Å². The maximum Gasteiger partial charge on any atom is 0.229 e. The number of hydrogen-bond acceptors (Lipinski definition) is 1. The van der Waals surface area contributed by atoms with E-state index in [-0.39, 0.29) is 5.91 Å². The van der Waals surface area contributed by atoms with Crippen molar-refractivity contribution in [3.63, 3.8) is 0 Å². The monoisotopic (exact) mass is 237 g/mol. The molecule has 1 amide bonds. The normalized spacial score (nSPS) is 29.0. The fraction of sp³-hybridized carbons (Fsp3) is 0.900. The number of alkyl halides is 2. The first kappa shape index (κ1) is 12.1. The summed E-state index contributed by atoms with van der Waals surface area (Å²) < 4.78 is -0.852. The summed E-state index contributed by atoms with van der Waals surface area (Å²) in [5.74, 6) is 0.571. The van der Waals surface area contributed by atoms with Gasteiger partial charge in [-0.25, -0.2) is 0 Å². The molecule has 1 rings (SSSR count). The number of nitrogens with one attached hydrogen (secondary N) is 1. The van der Waals surface area contributed by atoms with Gasteiger partial charge in [-0.15, -0.1) is 23.2 Å². The summed E-state index contributed by atoms with van der Waals surface area (Å²) in [7, 11) is 0. The van der Waals surface area contributed by atoms with Crippen molar-refractivity contribution in [2.75, 3.05) is 6.54 Å². The molecule has 0 spiro atoms. The number of hydrogen-bond donors (Lipinski definition) is 1. The summed E-state index contributed by atoms with van der Waals surface area (Å²) in [6.07, 6.45) is 1.54. The Balaban J connectivity index is 2.31. The average Bonchev–Trinajstić information content (AvgIpc) is 2.51. The smallest absolute Gasteiger partial charge is 0.229 e. The number of carbonyl (C=O) groups is 1. The lowest BCUT2D eigenvalue weighted by Gasteiger charge is -2.13. The molecule has 1 fully saturated rings. The van der Waals surface area contributed by atoms with Crippen LogP contribution in [0.2, 0.25) is 0 Å². The van der Waals surface area contributed by atoms with E-state index in [1.807, 2.05) is 0 Å². The van der Waals surface area contributed by atoms with Crippen LogP contribution in [-0.4, -0.2) is 16.8 Å². The largest absolute Gasteiger partial charge is 0.356 e. The molecule has 0 aromatic heterocycles. The van der Waals surface area contributed by atoms with Crippen LogP contribution in [0, 0.1) is 11.3 Å². The quantitative estimate of drug-likeness (QED) is 0.749. The first-order valence-corrected chi connectivity index (χ1v) is 5.71. The highest BCUT2D eigenvalue weighted by Crippen LogP contribution is 2.63. The minimum absolute atomic E-state index is 0.0249. The molecule has 0 radical (unpaired) electrons. The van der Waals surface area contributed by atoms with Crippen molar-refractivity contribution in [3.8, 4) is 0 Å². The minimum Gasteiger partial charge on any atom is -0.356 e. The molecule has 82 valence electrons. The molecule has 1 atom stereocenters. The molecule has 1 saturated carbocycles. The van der Waals surface area contributed by atoms with Gasteiger partial charge in [-0.2, -0.15) is 0 Å². The number of carbonyl (C=O) groups excluding carboxylic acids is 1. The Bertz CT molecular complexity index is 240. The predicted molar refractivity (Wildman–Crippen MR) is 59.6 cm³/mol. The van der Waals surface area contributed by atoms with Crippen molar-refractivity contribution in [2.45, 2.75) is 37.9 Å². The molecule has 2 nitrogen and oxygen atoms in total. The zero-order chi connectivity index (χ0) is 11.0. The van der Waals surface area contributed by atoms with E-state index in [1.54, 1.807) is 6.92 Å². The van der Waals surface area contributed by atoms with Crippen molar-refractivity contribution in [2.24, 2.45) is 11.3 Å². The number of rotatable bonds is 4. The van der Waals surface area contributed by atoms with Gasteiger partial charge in [0.1, 0.15) is 4.33 Å². The van der Waals surface area contributed by atoms with Gasteiger partial charge in [0.15, 0.2) is 0 Å². The maximum absolute atomic E-state index is 11.6. The van der Waals surface area contributed by atoms with Crippen LogP contribution in [0.3, 0.4) is 0 Å². The van der Waals surface area contributed by atoms with E-state index < -0.39 is 9.75 Å². The van der Waals surface area contributed by atoms with Crippen molar-refractivity contribution in [1.29, 1.82) is 0 Å². The molecule has 0 bridgehead atoms. The van der Waals surface area contributed by atoms with Crippen molar-refractivity contribution >= 4 is 29.1 Å². The molecule has 0 aromatic carbocycles. The third-order valence-electron chi connectivity index (χ3n) is 2.77. The second-order valence-corrected chi connectivity index (χ2v) is 6.14. The molecule has 14 heavy (non-hydrogen) atoms. The Morgan fingerprint density at radius 3 is 2.36 bits per heavy atom. The van der Waals surface area contributed by atoms with Crippen LogP contribution >= 0.6 is 23.2 Å². The first-order chi connectivity index (χ1) is 6.29. The van der Waals surface area contributed by atoms with E-state index >= 15 is 0 Å². The van der Waals surface area contributed by atoms with Gasteiger partial charge in [0.05, 0.1) is 5.41 Å². The van der Waals surface area contributed by atoms with E-state index in [9.17, 15) is 4.79 Å². The highest BCUT2D eigenvalue weighted by Gasteiger charge is 2.67. The van der Waals surface area contributed by atoms with Crippen LogP contribution in [0.5, 0.6) is 0 Å². The third-order valence-corrected chi connectivity index (χ3v) is 3.87. The first-order valence-electron chi connectivity index (χ1n) is 4.96. The predicted octanol–water partition coefficient (Wildman–Crippen LogP) is 2.73. The summed E-state index contributed by atoms with van der Waals surface area (Å²) in [6.45, 7) is 6.75. The van der Waals surface area contributed by atoms with Gasteiger partial charge < -0.3 is 5.32 Å². The second kappa shape index (κ2) is 3.90. The lowest BCUT2D eigenvalue weighted by molar-refractivity contribution is -0.125. The molecule has 4 heteroatoms.